The van der Waals surface area contributed by atoms with E-state index in [0.29, 0.717) is 11.8 Å². The molecule has 0 aliphatic carbocycles. The molecule has 0 amide bonds. The summed E-state index contributed by atoms with van der Waals surface area (Å²) in [5.74, 6) is 0.843. The second-order valence-electron chi connectivity index (χ2n) is 4.11. The molecule has 0 bridgehead atoms. The molecule has 0 spiro atoms. The number of pyridine rings is 1. The van der Waals surface area contributed by atoms with E-state index < -0.39 is 0 Å². The maximum atomic E-state index is 5.82. The maximum Gasteiger partial charge on any atom is 0.130 e. The first kappa shape index (κ1) is 13.4. The van der Waals surface area contributed by atoms with Crippen LogP contribution in [0, 0.1) is 13.8 Å². The second kappa shape index (κ2) is 5.72. The van der Waals surface area contributed by atoms with Gasteiger partial charge in [0.05, 0.1) is 5.69 Å². The number of ether oxygens (including phenoxy) is 1. The third kappa shape index (κ3) is 3.24. The molecule has 0 N–H and O–H groups in total. The highest BCUT2D eigenvalue weighted by molar-refractivity contribution is 9.10. The summed E-state index contributed by atoms with van der Waals surface area (Å²) < 4.78 is 6.84. The maximum absolute atomic E-state index is 5.82. The number of aryl methyl sites for hydroxylation is 2. The molecule has 2 aromatic rings. The molecule has 1 aromatic carbocycles. The average Bonchev–Trinajstić information content (AvgIpc) is 2.33. The van der Waals surface area contributed by atoms with E-state index in [2.05, 4.69) is 20.9 Å². The Labute approximate surface area is 120 Å². The van der Waals surface area contributed by atoms with Crippen molar-refractivity contribution >= 4 is 27.5 Å². The zero-order valence-electron chi connectivity index (χ0n) is 10.2. The lowest BCUT2D eigenvalue weighted by Gasteiger charge is -2.10. The van der Waals surface area contributed by atoms with Crippen LogP contribution in [0.5, 0.6) is 5.75 Å². The number of hydrogen-bond donors (Lipinski definition) is 0. The van der Waals surface area contributed by atoms with Crippen LogP contribution in [0.4, 0.5) is 0 Å². The van der Waals surface area contributed by atoms with Gasteiger partial charge in [-0.1, -0.05) is 33.6 Å². The van der Waals surface area contributed by atoms with Gasteiger partial charge in [0.25, 0.3) is 0 Å². The van der Waals surface area contributed by atoms with E-state index in [4.69, 9.17) is 16.3 Å². The molecule has 4 heteroatoms. The quantitative estimate of drug-likeness (QED) is 0.763. The molecule has 0 saturated heterocycles. The summed E-state index contributed by atoms with van der Waals surface area (Å²) >= 11 is 9.36. The van der Waals surface area contributed by atoms with Crippen LogP contribution in [0.1, 0.15) is 16.8 Å². The molecule has 0 saturated carbocycles. The number of aromatic nitrogens is 1. The van der Waals surface area contributed by atoms with E-state index in [-0.39, 0.29) is 0 Å². The van der Waals surface area contributed by atoms with Crippen LogP contribution in [0.3, 0.4) is 0 Å². The van der Waals surface area contributed by atoms with Gasteiger partial charge in [-0.25, -0.2) is 4.98 Å². The fourth-order valence-corrected chi connectivity index (χ4v) is 2.09. The fraction of sp³-hybridized carbons (Fsp3) is 0.214. The van der Waals surface area contributed by atoms with Gasteiger partial charge in [0.15, 0.2) is 0 Å². The van der Waals surface area contributed by atoms with Crippen molar-refractivity contribution < 1.29 is 4.74 Å². The van der Waals surface area contributed by atoms with Gasteiger partial charge in [0.1, 0.15) is 17.5 Å². The number of nitrogens with zero attached hydrogens (tertiary/aromatic N) is 1. The van der Waals surface area contributed by atoms with Crippen LogP contribution in [0.15, 0.2) is 34.8 Å². The third-order valence-electron chi connectivity index (χ3n) is 2.57. The molecule has 94 valence electrons. The molecule has 18 heavy (non-hydrogen) atoms. The predicted octanol–water partition coefficient (Wildman–Crippen LogP) is 4.69. The van der Waals surface area contributed by atoms with Crippen molar-refractivity contribution in [2.24, 2.45) is 0 Å². The lowest BCUT2D eigenvalue weighted by atomic mass is 10.1. The molecule has 1 heterocycles. The summed E-state index contributed by atoms with van der Waals surface area (Å²) in [4.78, 5) is 4.18. The van der Waals surface area contributed by atoms with Gasteiger partial charge in [-0.05, 0) is 49.2 Å². The average molecular weight is 327 g/mol. The minimum absolute atomic E-state index is 0.418. The Morgan fingerprint density at radius 2 is 1.89 bits per heavy atom. The van der Waals surface area contributed by atoms with Crippen LogP contribution < -0.4 is 4.74 Å². The summed E-state index contributed by atoms with van der Waals surface area (Å²) in [5, 5.41) is 0.485. The second-order valence-corrected chi connectivity index (χ2v) is 5.29. The van der Waals surface area contributed by atoms with E-state index >= 15 is 0 Å². The Morgan fingerprint density at radius 1 is 1.22 bits per heavy atom. The molecule has 0 radical (unpaired) electrons. The Kier molecular flexibility index (Phi) is 4.25. The van der Waals surface area contributed by atoms with E-state index in [1.165, 1.54) is 0 Å². The van der Waals surface area contributed by atoms with Crippen molar-refractivity contribution in [2.75, 3.05) is 0 Å². The smallest absolute Gasteiger partial charge is 0.130 e. The molecule has 0 fully saturated rings. The molecule has 0 unspecified atom stereocenters. The Bertz CT molecular complexity index is 548. The van der Waals surface area contributed by atoms with Crippen LogP contribution >= 0.6 is 27.5 Å². The number of benzene rings is 1. The SMILES string of the molecule is Cc1cc(OCc2cccc(Cl)n2)cc(C)c1Br. The fourth-order valence-electron chi connectivity index (χ4n) is 1.68. The molecule has 1 aromatic heterocycles. The highest BCUT2D eigenvalue weighted by atomic mass is 79.9. The van der Waals surface area contributed by atoms with Crippen LogP contribution in [-0.2, 0) is 6.61 Å². The van der Waals surface area contributed by atoms with Crippen molar-refractivity contribution in [2.45, 2.75) is 20.5 Å². The summed E-state index contributed by atoms with van der Waals surface area (Å²) in [6.45, 7) is 4.50. The number of hydrogen-bond acceptors (Lipinski definition) is 2. The van der Waals surface area contributed by atoms with Crippen molar-refractivity contribution in [3.63, 3.8) is 0 Å². The first-order chi connectivity index (χ1) is 8.56. The highest BCUT2D eigenvalue weighted by Gasteiger charge is 2.04. The van der Waals surface area contributed by atoms with Gasteiger partial charge in [0, 0.05) is 4.47 Å². The predicted molar refractivity (Wildman–Crippen MR) is 77.2 cm³/mol. The molecule has 2 nitrogen and oxygen atoms in total. The van der Waals surface area contributed by atoms with Gasteiger partial charge >= 0.3 is 0 Å². The normalized spacial score (nSPS) is 10.4. The van der Waals surface area contributed by atoms with Gasteiger partial charge in [0.2, 0.25) is 0 Å². The largest absolute Gasteiger partial charge is 0.487 e. The lowest BCUT2D eigenvalue weighted by molar-refractivity contribution is 0.301. The van der Waals surface area contributed by atoms with Gasteiger partial charge in [-0.2, -0.15) is 0 Å². The minimum Gasteiger partial charge on any atom is -0.487 e. The Balaban J connectivity index is 2.11. The summed E-state index contributed by atoms with van der Waals surface area (Å²) in [6, 6.07) is 9.51. The molecule has 2 rings (SSSR count). The minimum atomic E-state index is 0.418. The van der Waals surface area contributed by atoms with Crippen LogP contribution in [-0.4, -0.2) is 4.98 Å². The first-order valence-corrected chi connectivity index (χ1v) is 6.74. The van der Waals surface area contributed by atoms with Gasteiger partial charge in [-0.15, -0.1) is 0 Å². The van der Waals surface area contributed by atoms with Crippen molar-refractivity contribution in [3.8, 4) is 5.75 Å². The Hall–Kier alpha value is -1.06. The van der Waals surface area contributed by atoms with E-state index in [0.717, 1.165) is 27.0 Å². The van der Waals surface area contributed by atoms with Crippen molar-refractivity contribution in [3.05, 3.63) is 56.8 Å². The van der Waals surface area contributed by atoms with Crippen molar-refractivity contribution in [1.29, 1.82) is 0 Å². The summed E-state index contributed by atoms with van der Waals surface area (Å²) in [5.41, 5.74) is 3.13. The topological polar surface area (TPSA) is 22.1 Å². The standard InChI is InChI=1S/C14H13BrClNO/c1-9-6-12(7-10(2)14(9)15)18-8-11-4-3-5-13(16)17-11/h3-7H,8H2,1-2H3. The molecular weight excluding hydrogens is 314 g/mol. The summed E-state index contributed by atoms with van der Waals surface area (Å²) in [6.07, 6.45) is 0. The first-order valence-electron chi connectivity index (χ1n) is 5.57. The molecule has 0 aliphatic rings. The number of rotatable bonds is 3. The van der Waals surface area contributed by atoms with Crippen LogP contribution in [0.25, 0.3) is 0 Å². The number of halogens is 2. The highest BCUT2D eigenvalue weighted by Crippen LogP contribution is 2.26. The van der Waals surface area contributed by atoms with E-state index in [1.54, 1.807) is 6.07 Å². The summed E-state index contributed by atoms with van der Waals surface area (Å²) in [7, 11) is 0. The molecule has 0 aliphatic heterocycles. The molecule has 0 atom stereocenters. The Morgan fingerprint density at radius 3 is 2.50 bits per heavy atom. The molecular formula is C14H13BrClNO. The van der Waals surface area contributed by atoms with E-state index in [1.807, 2.05) is 38.1 Å². The lowest BCUT2D eigenvalue weighted by Crippen LogP contribution is -1.99. The van der Waals surface area contributed by atoms with Gasteiger partial charge in [-0.3, -0.25) is 0 Å². The monoisotopic (exact) mass is 325 g/mol. The zero-order chi connectivity index (χ0) is 13.1. The van der Waals surface area contributed by atoms with Crippen molar-refractivity contribution in [1.82, 2.24) is 4.98 Å². The zero-order valence-corrected chi connectivity index (χ0v) is 12.5. The third-order valence-corrected chi connectivity index (χ3v) is 4.03. The van der Waals surface area contributed by atoms with E-state index in [9.17, 15) is 0 Å². The van der Waals surface area contributed by atoms with Crippen LogP contribution in [0.2, 0.25) is 5.15 Å². The van der Waals surface area contributed by atoms with Gasteiger partial charge < -0.3 is 4.74 Å².